The third-order valence-electron chi connectivity index (χ3n) is 7.85. The Kier molecular flexibility index (Phi) is 9.13. The zero-order valence-electron chi connectivity index (χ0n) is 25.6. The number of hydrogen-bond acceptors (Lipinski definition) is 5. The second-order valence-corrected chi connectivity index (χ2v) is 12.3. The lowest BCUT2D eigenvalue weighted by atomic mass is 10.0. The van der Waals surface area contributed by atoms with Crippen molar-refractivity contribution in [3.8, 4) is 11.1 Å². The van der Waals surface area contributed by atoms with Crippen LogP contribution in [0.2, 0.25) is 0 Å². The molecule has 0 saturated heterocycles. The van der Waals surface area contributed by atoms with Gasteiger partial charge in [-0.25, -0.2) is 0 Å². The Labute approximate surface area is 273 Å². The van der Waals surface area contributed by atoms with Crippen LogP contribution in [0.25, 0.3) is 17.2 Å². The summed E-state index contributed by atoms with van der Waals surface area (Å²) in [4.78, 5) is 42.3. The number of thioether (sulfide) groups is 1. The Morgan fingerprint density at radius 3 is 2.17 bits per heavy atom. The summed E-state index contributed by atoms with van der Waals surface area (Å²) < 4.78 is 0. The summed E-state index contributed by atoms with van der Waals surface area (Å²) in [6.45, 7) is 0. The van der Waals surface area contributed by atoms with Gasteiger partial charge in [0.25, 0.3) is 11.8 Å². The number of nitrogens with one attached hydrogen (secondary N) is 2. The Hall–Kier alpha value is -5.40. The first-order chi connectivity index (χ1) is 22.3. The van der Waals surface area contributed by atoms with Crippen molar-refractivity contribution < 1.29 is 14.4 Å². The minimum Gasteiger partial charge on any atom is -0.378 e. The standard InChI is InChI=1S/C39H33N3O3S/c1-42(2)32-17-12-26(13-18-32)22-36(41-38(44)27-8-4-3-5-9-27)39(45)40-31-15-19-33(20-16-31)46-25-37(43)29-14-21-35-30(24-29)23-28-10-6-7-11-34(28)35/h3-22,24H,23,25H2,1-2H3,(H,40,45)(H,41,44)/b36-22-. The average molecular weight is 624 g/mol. The second kappa shape index (κ2) is 13.7. The molecule has 0 bridgehead atoms. The van der Waals surface area contributed by atoms with Crippen molar-refractivity contribution in [1.82, 2.24) is 5.32 Å². The Bertz CT molecular complexity index is 1930. The summed E-state index contributed by atoms with van der Waals surface area (Å²) in [7, 11) is 3.91. The molecule has 0 atom stereocenters. The van der Waals surface area contributed by atoms with Gasteiger partial charge < -0.3 is 15.5 Å². The van der Waals surface area contributed by atoms with E-state index in [-0.39, 0.29) is 17.4 Å². The first kappa shape index (κ1) is 30.6. The van der Waals surface area contributed by atoms with Gasteiger partial charge in [-0.2, -0.15) is 0 Å². The number of amides is 2. The summed E-state index contributed by atoms with van der Waals surface area (Å²) in [5.74, 6) is -0.446. The van der Waals surface area contributed by atoms with Gasteiger partial charge in [-0.1, -0.05) is 66.7 Å². The smallest absolute Gasteiger partial charge is 0.272 e. The molecule has 6 nitrogen and oxygen atoms in total. The minimum atomic E-state index is -0.449. The summed E-state index contributed by atoms with van der Waals surface area (Å²) >= 11 is 1.45. The van der Waals surface area contributed by atoms with Crippen LogP contribution in [0, 0.1) is 0 Å². The molecule has 6 rings (SSSR count). The highest BCUT2D eigenvalue weighted by molar-refractivity contribution is 8.00. The number of hydrogen-bond donors (Lipinski definition) is 2. The van der Waals surface area contributed by atoms with Crippen molar-refractivity contribution in [3.63, 3.8) is 0 Å². The monoisotopic (exact) mass is 623 g/mol. The Balaban J connectivity index is 1.10. The SMILES string of the molecule is CN(C)c1ccc(/C=C(\NC(=O)c2ccccc2)C(=O)Nc2ccc(SCC(=O)c3ccc4c(c3)Cc3ccccc3-4)cc2)cc1. The van der Waals surface area contributed by atoms with Crippen molar-refractivity contribution in [1.29, 1.82) is 0 Å². The van der Waals surface area contributed by atoms with Crippen LogP contribution >= 0.6 is 11.8 Å². The van der Waals surface area contributed by atoms with E-state index in [1.165, 1.54) is 34.0 Å². The molecule has 0 unspecified atom stereocenters. The van der Waals surface area contributed by atoms with Crippen molar-refractivity contribution in [2.75, 3.05) is 30.1 Å². The van der Waals surface area contributed by atoms with E-state index in [1.54, 1.807) is 42.5 Å². The number of fused-ring (bicyclic) bond motifs is 3. The molecule has 0 fully saturated rings. The van der Waals surface area contributed by atoms with Crippen molar-refractivity contribution in [2.24, 2.45) is 0 Å². The molecule has 0 spiro atoms. The van der Waals surface area contributed by atoms with Crippen molar-refractivity contribution in [2.45, 2.75) is 11.3 Å². The van der Waals surface area contributed by atoms with Gasteiger partial charge in [0.2, 0.25) is 0 Å². The molecule has 0 aromatic heterocycles. The average Bonchev–Trinajstić information content (AvgIpc) is 3.46. The zero-order chi connectivity index (χ0) is 32.0. The number of benzene rings is 5. The lowest BCUT2D eigenvalue weighted by Crippen LogP contribution is -2.30. The van der Waals surface area contributed by atoms with Gasteiger partial charge in [0.15, 0.2) is 5.78 Å². The van der Waals surface area contributed by atoms with E-state index in [0.29, 0.717) is 17.0 Å². The number of nitrogens with zero attached hydrogens (tertiary/aromatic N) is 1. The quantitative estimate of drug-likeness (QED) is 0.0929. The molecule has 0 radical (unpaired) electrons. The van der Waals surface area contributed by atoms with E-state index in [0.717, 1.165) is 28.1 Å². The van der Waals surface area contributed by atoms with E-state index in [4.69, 9.17) is 0 Å². The minimum absolute atomic E-state index is 0.0729. The van der Waals surface area contributed by atoms with Crippen LogP contribution in [-0.4, -0.2) is 37.4 Å². The highest BCUT2D eigenvalue weighted by Crippen LogP contribution is 2.37. The van der Waals surface area contributed by atoms with E-state index >= 15 is 0 Å². The molecular formula is C39H33N3O3S. The molecule has 2 N–H and O–H groups in total. The van der Waals surface area contributed by atoms with E-state index < -0.39 is 5.91 Å². The highest BCUT2D eigenvalue weighted by atomic mass is 32.2. The predicted octanol–water partition coefficient (Wildman–Crippen LogP) is 7.71. The van der Waals surface area contributed by atoms with Crippen LogP contribution in [0.1, 0.15) is 37.4 Å². The Morgan fingerprint density at radius 1 is 0.739 bits per heavy atom. The maximum absolute atomic E-state index is 13.4. The van der Waals surface area contributed by atoms with Crippen LogP contribution in [0.15, 0.2) is 132 Å². The number of carbonyl (C=O) groups excluding carboxylic acids is 3. The summed E-state index contributed by atoms with van der Waals surface area (Å²) in [5, 5.41) is 5.67. The lowest BCUT2D eigenvalue weighted by Gasteiger charge is -2.13. The van der Waals surface area contributed by atoms with Gasteiger partial charge in [0.05, 0.1) is 5.75 Å². The van der Waals surface area contributed by atoms with Gasteiger partial charge in [-0.15, -0.1) is 11.8 Å². The molecule has 0 heterocycles. The third kappa shape index (κ3) is 7.11. The van der Waals surface area contributed by atoms with Crippen LogP contribution in [0.5, 0.6) is 0 Å². The molecule has 7 heteroatoms. The number of anilines is 2. The first-order valence-corrected chi connectivity index (χ1v) is 16.0. The van der Waals surface area contributed by atoms with Crippen LogP contribution < -0.4 is 15.5 Å². The second-order valence-electron chi connectivity index (χ2n) is 11.3. The summed E-state index contributed by atoms with van der Waals surface area (Å²) in [6.07, 6.45) is 2.51. The van der Waals surface area contributed by atoms with Gasteiger partial charge in [-0.3, -0.25) is 14.4 Å². The Morgan fingerprint density at radius 2 is 1.43 bits per heavy atom. The first-order valence-electron chi connectivity index (χ1n) is 15.0. The molecule has 0 aliphatic heterocycles. The van der Waals surface area contributed by atoms with E-state index in [9.17, 15) is 14.4 Å². The summed E-state index contributed by atoms with van der Waals surface area (Å²) in [5.41, 5.74) is 8.59. The van der Waals surface area contributed by atoms with Gasteiger partial charge in [0, 0.05) is 41.5 Å². The number of rotatable bonds is 10. The normalized spacial score (nSPS) is 11.7. The van der Waals surface area contributed by atoms with Crippen LogP contribution in [0.3, 0.4) is 0 Å². The number of ketones is 1. The maximum atomic E-state index is 13.4. The molecule has 5 aromatic carbocycles. The van der Waals surface area contributed by atoms with E-state index in [1.807, 2.05) is 79.7 Å². The molecule has 46 heavy (non-hydrogen) atoms. The fraction of sp³-hybridized carbons (Fsp3) is 0.103. The van der Waals surface area contributed by atoms with Crippen molar-refractivity contribution in [3.05, 3.63) is 155 Å². The van der Waals surface area contributed by atoms with Gasteiger partial charge in [0.1, 0.15) is 5.70 Å². The molecule has 228 valence electrons. The lowest BCUT2D eigenvalue weighted by molar-refractivity contribution is -0.113. The largest absolute Gasteiger partial charge is 0.378 e. The number of carbonyl (C=O) groups is 3. The molecule has 0 saturated carbocycles. The topological polar surface area (TPSA) is 78.5 Å². The van der Waals surface area contributed by atoms with Gasteiger partial charge in [-0.05, 0) is 94.9 Å². The van der Waals surface area contributed by atoms with Crippen LogP contribution in [0.4, 0.5) is 11.4 Å². The van der Waals surface area contributed by atoms with Crippen molar-refractivity contribution >= 4 is 46.8 Å². The highest BCUT2D eigenvalue weighted by Gasteiger charge is 2.20. The van der Waals surface area contributed by atoms with Gasteiger partial charge >= 0.3 is 0 Å². The predicted molar refractivity (Wildman–Crippen MR) is 187 cm³/mol. The molecular weight excluding hydrogens is 591 g/mol. The molecule has 1 aliphatic rings. The number of Topliss-reactive ketones (excluding diaryl/α,β-unsaturated/α-hetero) is 1. The fourth-order valence-electron chi connectivity index (χ4n) is 5.36. The summed E-state index contributed by atoms with van der Waals surface area (Å²) in [6, 6.07) is 38.2. The van der Waals surface area contributed by atoms with Crippen LogP contribution in [-0.2, 0) is 11.2 Å². The molecule has 1 aliphatic carbocycles. The molecule has 2 amide bonds. The third-order valence-corrected chi connectivity index (χ3v) is 8.86. The molecule has 5 aromatic rings. The zero-order valence-corrected chi connectivity index (χ0v) is 26.4. The fourth-order valence-corrected chi connectivity index (χ4v) is 6.15. The van der Waals surface area contributed by atoms with E-state index in [2.05, 4.69) is 34.9 Å². The maximum Gasteiger partial charge on any atom is 0.272 e.